The third-order valence-corrected chi connectivity index (χ3v) is 6.99. The second-order valence-corrected chi connectivity index (χ2v) is 9.36. The van der Waals surface area contributed by atoms with Gasteiger partial charge in [-0.25, -0.2) is 0 Å². The summed E-state index contributed by atoms with van der Waals surface area (Å²) in [6.07, 6.45) is 0. The molecule has 7 heteroatoms. The van der Waals surface area contributed by atoms with Crippen LogP contribution in [0.1, 0.15) is 17.1 Å². The van der Waals surface area contributed by atoms with Gasteiger partial charge in [0.2, 0.25) is 0 Å². The zero-order valence-electron chi connectivity index (χ0n) is 21.1. The Morgan fingerprint density at radius 1 is 0.432 bits per heavy atom. The lowest BCUT2D eigenvalue weighted by molar-refractivity contribution is 1.05. The highest BCUT2D eigenvalue weighted by Gasteiger charge is 2.37. The van der Waals surface area contributed by atoms with E-state index < -0.39 is 0 Å². The molecule has 180 valence electrons. The molecule has 0 saturated carbocycles. The quantitative estimate of drug-likeness (QED) is 0.310. The fraction of sp³-hybridized carbons (Fsp3) is 0.100. The Labute approximate surface area is 216 Å². The van der Waals surface area contributed by atoms with Crippen LogP contribution < -0.4 is 16.4 Å². The predicted octanol–water partition coefficient (Wildman–Crippen LogP) is 4.30. The molecule has 0 aliphatic carbocycles. The van der Waals surface area contributed by atoms with E-state index in [2.05, 4.69) is 109 Å². The average Bonchev–Trinajstić information content (AvgIpc) is 3.64. The van der Waals surface area contributed by atoms with Crippen LogP contribution in [0.4, 0.5) is 0 Å². The normalized spacial score (nSPS) is 11.1. The van der Waals surface area contributed by atoms with E-state index in [1.165, 1.54) is 0 Å². The highest BCUT2D eigenvalue weighted by Crippen LogP contribution is 2.23. The summed E-state index contributed by atoms with van der Waals surface area (Å²) in [5.41, 5.74) is 12.4. The van der Waals surface area contributed by atoms with Gasteiger partial charge in [-0.3, -0.25) is 15.3 Å². The van der Waals surface area contributed by atoms with Crippen LogP contribution in [-0.4, -0.2) is 37.3 Å². The van der Waals surface area contributed by atoms with Gasteiger partial charge in [-0.15, -0.1) is 0 Å². The summed E-state index contributed by atoms with van der Waals surface area (Å²) in [5, 5.41) is 24.3. The summed E-state index contributed by atoms with van der Waals surface area (Å²) in [7, 11) is 0. The number of aromatic amines is 3. The minimum absolute atomic E-state index is 0.170. The number of nitrogens with one attached hydrogen (secondary N) is 3. The van der Waals surface area contributed by atoms with Crippen LogP contribution in [0.2, 0.25) is 0 Å². The third-order valence-electron chi connectivity index (χ3n) is 6.99. The van der Waals surface area contributed by atoms with Crippen LogP contribution in [0.5, 0.6) is 0 Å². The SMILES string of the molecule is Cc1[nH]nc(-c2ccccc2)c1B(c1c(-c2ccccc2)n[nH]c1C)c1c(-c2ccccc2)n[nH]c1C. The molecule has 6 rings (SSSR count). The second kappa shape index (κ2) is 9.43. The van der Waals surface area contributed by atoms with E-state index in [4.69, 9.17) is 15.3 Å². The number of aromatic nitrogens is 6. The molecular weight excluding hydrogens is 455 g/mol. The molecule has 0 amide bonds. The zero-order chi connectivity index (χ0) is 25.4. The number of aryl methyl sites for hydroxylation is 3. The lowest BCUT2D eigenvalue weighted by Crippen LogP contribution is -2.55. The summed E-state index contributed by atoms with van der Waals surface area (Å²) in [5.74, 6) is 0. The molecular formula is C30H27BN6. The molecule has 0 fully saturated rings. The molecule has 6 nitrogen and oxygen atoms in total. The Balaban J connectivity index is 1.68. The summed E-state index contributed by atoms with van der Waals surface area (Å²) in [4.78, 5) is 0. The minimum atomic E-state index is -0.170. The van der Waals surface area contributed by atoms with Crippen molar-refractivity contribution in [2.75, 3.05) is 0 Å². The van der Waals surface area contributed by atoms with E-state index >= 15 is 0 Å². The average molecular weight is 482 g/mol. The van der Waals surface area contributed by atoms with Gasteiger partial charge in [-0.05, 0) is 37.2 Å². The second-order valence-electron chi connectivity index (χ2n) is 9.36. The Kier molecular flexibility index (Phi) is 5.81. The maximum Gasteiger partial charge on any atom is 0.257 e. The Bertz CT molecular complexity index is 1450. The maximum atomic E-state index is 4.80. The first-order valence-electron chi connectivity index (χ1n) is 12.4. The predicted molar refractivity (Wildman–Crippen MR) is 151 cm³/mol. The number of benzene rings is 3. The van der Waals surface area contributed by atoms with Crippen molar-refractivity contribution in [2.45, 2.75) is 20.8 Å². The van der Waals surface area contributed by atoms with Crippen molar-refractivity contribution in [3.63, 3.8) is 0 Å². The fourth-order valence-corrected chi connectivity index (χ4v) is 5.25. The van der Waals surface area contributed by atoms with E-state index in [0.717, 1.165) is 67.2 Å². The van der Waals surface area contributed by atoms with Crippen molar-refractivity contribution in [3.8, 4) is 33.8 Å². The molecule has 3 aromatic heterocycles. The zero-order valence-corrected chi connectivity index (χ0v) is 21.1. The lowest BCUT2D eigenvalue weighted by Gasteiger charge is -2.19. The topological polar surface area (TPSA) is 86.0 Å². The van der Waals surface area contributed by atoms with Gasteiger partial charge >= 0.3 is 0 Å². The van der Waals surface area contributed by atoms with E-state index in [0.29, 0.717) is 0 Å². The van der Waals surface area contributed by atoms with Gasteiger partial charge in [0.15, 0.2) is 0 Å². The van der Waals surface area contributed by atoms with Crippen LogP contribution >= 0.6 is 0 Å². The molecule has 3 N–H and O–H groups in total. The molecule has 0 aliphatic heterocycles. The van der Waals surface area contributed by atoms with Crippen molar-refractivity contribution in [1.82, 2.24) is 30.6 Å². The number of rotatable bonds is 6. The first kappa shape index (κ1) is 22.8. The molecule has 0 aliphatic rings. The lowest BCUT2D eigenvalue weighted by atomic mass is 9.34. The van der Waals surface area contributed by atoms with Crippen molar-refractivity contribution in [2.24, 2.45) is 0 Å². The van der Waals surface area contributed by atoms with Crippen molar-refractivity contribution >= 4 is 23.1 Å². The number of H-pyrrole nitrogens is 3. The summed E-state index contributed by atoms with van der Waals surface area (Å²) in [6, 6.07) is 31.0. The van der Waals surface area contributed by atoms with Gasteiger partial charge in [0, 0.05) is 33.8 Å². The van der Waals surface area contributed by atoms with E-state index in [1.54, 1.807) is 0 Å². The molecule has 3 aromatic carbocycles. The molecule has 0 saturated heterocycles. The van der Waals surface area contributed by atoms with Crippen LogP contribution in [0.25, 0.3) is 33.8 Å². The molecule has 0 atom stereocenters. The molecule has 0 bridgehead atoms. The monoisotopic (exact) mass is 482 g/mol. The smallest absolute Gasteiger partial charge is 0.257 e. The fourth-order valence-electron chi connectivity index (χ4n) is 5.25. The van der Waals surface area contributed by atoms with Crippen LogP contribution in [0.3, 0.4) is 0 Å². The Hall–Kier alpha value is -4.65. The van der Waals surface area contributed by atoms with Gasteiger partial charge < -0.3 is 0 Å². The molecule has 3 heterocycles. The van der Waals surface area contributed by atoms with Crippen molar-refractivity contribution < 1.29 is 0 Å². The largest absolute Gasteiger partial charge is 0.283 e. The number of hydrogen-bond acceptors (Lipinski definition) is 3. The third kappa shape index (κ3) is 3.98. The van der Waals surface area contributed by atoms with Gasteiger partial charge in [-0.1, -0.05) is 91.0 Å². The summed E-state index contributed by atoms with van der Waals surface area (Å²) < 4.78 is 0. The summed E-state index contributed by atoms with van der Waals surface area (Å²) in [6.45, 7) is 6.11. The van der Waals surface area contributed by atoms with E-state index in [-0.39, 0.29) is 6.71 Å². The van der Waals surface area contributed by atoms with Crippen LogP contribution in [-0.2, 0) is 0 Å². The van der Waals surface area contributed by atoms with Gasteiger partial charge in [-0.2, -0.15) is 15.3 Å². The van der Waals surface area contributed by atoms with Crippen molar-refractivity contribution in [3.05, 3.63) is 108 Å². The highest BCUT2D eigenvalue weighted by atomic mass is 15.1. The first-order valence-corrected chi connectivity index (χ1v) is 12.4. The van der Waals surface area contributed by atoms with Gasteiger partial charge in [0.1, 0.15) is 0 Å². The van der Waals surface area contributed by atoms with Crippen LogP contribution in [0.15, 0.2) is 91.0 Å². The van der Waals surface area contributed by atoms with Crippen LogP contribution in [0, 0.1) is 20.8 Å². The highest BCUT2D eigenvalue weighted by molar-refractivity contribution is 6.98. The Morgan fingerprint density at radius 3 is 0.973 bits per heavy atom. The van der Waals surface area contributed by atoms with E-state index in [1.807, 2.05) is 18.2 Å². The van der Waals surface area contributed by atoms with Gasteiger partial charge in [0.25, 0.3) is 6.71 Å². The standard InChI is InChI=1S/C30H27BN6/c1-19-25(28(35-32-19)22-13-7-4-8-14-22)31(26-20(2)33-36-29(26)23-15-9-5-10-16-23)27-21(3)34-37-30(27)24-17-11-6-12-18-24/h4-18H,1-3H3,(H,32,35)(H,33,36)(H,34,37). The molecule has 0 radical (unpaired) electrons. The maximum absolute atomic E-state index is 4.80. The van der Waals surface area contributed by atoms with Gasteiger partial charge in [0.05, 0.1) is 17.1 Å². The molecule has 6 aromatic rings. The summed E-state index contributed by atoms with van der Waals surface area (Å²) >= 11 is 0. The Morgan fingerprint density at radius 2 is 0.703 bits per heavy atom. The minimum Gasteiger partial charge on any atom is -0.283 e. The number of nitrogens with zero attached hydrogens (tertiary/aromatic N) is 3. The number of hydrogen-bond donors (Lipinski definition) is 3. The molecule has 0 unspecified atom stereocenters. The molecule has 0 spiro atoms. The molecule has 37 heavy (non-hydrogen) atoms. The first-order chi connectivity index (χ1) is 18.1. The van der Waals surface area contributed by atoms with E-state index in [9.17, 15) is 0 Å². The van der Waals surface area contributed by atoms with Crippen molar-refractivity contribution in [1.29, 1.82) is 0 Å².